The van der Waals surface area contributed by atoms with Crippen LogP contribution >= 0.6 is 0 Å². The van der Waals surface area contributed by atoms with Gasteiger partial charge in [-0.05, 0) is 13.0 Å². The van der Waals surface area contributed by atoms with Gasteiger partial charge in [-0.3, -0.25) is 4.68 Å². The molecule has 98 valence electrons. The zero-order chi connectivity index (χ0) is 13.2. The van der Waals surface area contributed by atoms with Gasteiger partial charge in [0.1, 0.15) is 5.58 Å². The van der Waals surface area contributed by atoms with E-state index < -0.39 is 0 Å². The van der Waals surface area contributed by atoms with Crippen molar-refractivity contribution in [3.63, 3.8) is 0 Å². The van der Waals surface area contributed by atoms with Crippen LogP contribution in [0.3, 0.4) is 0 Å². The first-order chi connectivity index (χ1) is 9.24. The predicted octanol–water partition coefficient (Wildman–Crippen LogP) is 2.76. The van der Waals surface area contributed by atoms with Gasteiger partial charge in [-0.1, -0.05) is 18.2 Å². The lowest BCUT2D eigenvalue weighted by Gasteiger charge is -2.02. The van der Waals surface area contributed by atoms with E-state index in [1.807, 2.05) is 43.1 Å². The van der Waals surface area contributed by atoms with Crippen LogP contribution in [0.15, 0.2) is 41.1 Å². The summed E-state index contributed by atoms with van der Waals surface area (Å²) >= 11 is 0. The smallest absolute Gasteiger partial charge is 0.134 e. The van der Waals surface area contributed by atoms with E-state index >= 15 is 0 Å². The van der Waals surface area contributed by atoms with E-state index in [0.29, 0.717) is 0 Å². The zero-order valence-corrected chi connectivity index (χ0v) is 11.2. The first-order valence-corrected chi connectivity index (χ1v) is 6.39. The Kier molecular flexibility index (Phi) is 3.09. The number of hydrogen-bond acceptors (Lipinski definition) is 3. The molecule has 0 unspecified atom stereocenters. The fourth-order valence-corrected chi connectivity index (χ4v) is 2.32. The van der Waals surface area contributed by atoms with Gasteiger partial charge in [-0.2, -0.15) is 5.10 Å². The van der Waals surface area contributed by atoms with Crippen molar-refractivity contribution >= 4 is 11.0 Å². The standard InChI is InChI=1S/C15H17N3O/c1-11-12(9-18(2)17-11)7-16-8-13-10-19-15-6-4-3-5-14(13)15/h3-6,9-10,16H,7-8H2,1-2H3. The molecular formula is C15H17N3O. The number of nitrogens with one attached hydrogen (secondary N) is 1. The third kappa shape index (κ3) is 2.39. The molecule has 2 heterocycles. The van der Waals surface area contributed by atoms with Gasteiger partial charge in [0.15, 0.2) is 0 Å². The minimum Gasteiger partial charge on any atom is -0.464 e. The lowest BCUT2D eigenvalue weighted by molar-refractivity contribution is 0.602. The molecule has 0 aliphatic carbocycles. The Hall–Kier alpha value is -2.07. The van der Waals surface area contributed by atoms with Crippen molar-refractivity contribution in [2.45, 2.75) is 20.0 Å². The second-order valence-corrected chi connectivity index (χ2v) is 4.77. The van der Waals surface area contributed by atoms with Gasteiger partial charge in [0, 0.05) is 42.8 Å². The highest BCUT2D eigenvalue weighted by atomic mass is 16.3. The topological polar surface area (TPSA) is 43.0 Å². The first-order valence-electron chi connectivity index (χ1n) is 6.39. The summed E-state index contributed by atoms with van der Waals surface area (Å²) in [6, 6.07) is 8.10. The van der Waals surface area contributed by atoms with Crippen molar-refractivity contribution in [3.05, 3.63) is 53.5 Å². The largest absolute Gasteiger partial charge is 0.464 e. The molecular weight excluding hydrogens is 238 g/mol. The van der Waals surface area contributed by atoms with Gasteiger partial charge in [-0.15, -0.1) is 0 Å². The maximum Gasteiger partial charge on any atom is 0.134 e. The molecule has 0 aliphatic heterocycles. The van der Waals surface area contributed by atoms with Crippen molar-refractivity contribution in [3.8, 4) is 0 Å². The van der Waals surface area contributed by atoms with Gasteiger partial charge < -0.3 is 9.73 Å². The van der Waals surface area contributed by atoms with Gasteiger partial charge in [0.05, 0.1) is 12.0 Å². The zero-order valence-electron chi connectivity index (χ0n) is 11.2. The molecule has 4 heteroatoms. The minimum absolute atomic E-state index is 0.797. The summed E-state index contributed by atoms with van der Waals surface area (Å²) in [6.07, 6.45) is 3.88. The molecule has 1 N–H and O–H groups in total. The molecule has 2 aromatic heterocycles. The van der Waals surface area contributed by atoms with Gasteiger partial charge in [0.25, 0.3) is 0 Å². The number of para-hydroxylation sites is 1. The van der Waals surface area contributed by atoms with E-state index in [4.69, 9.17) is 4.42 Å². The molecule has 19 heavy (non-hydrogen) atoms. The molecule has 0 bridgehead atoms. The number of benzene rings is 1. The Bertz CT molecular complexity index is 696. The first kappa shape index (κ1) is 12.0. The molecule has 0 atom stereocenters. The molecule has 0 amide bonds. The highest BCUT2D eigenvalue weighted by Crippen LogP contribution is 2.20. The fraction of sp³-hybridized carbons (Fsp3) is 0.267. The molecule has 3 aromatic rings. The van der Waals surface area contributed by atoms with Gasteiger partial charge in [0.2, 0.25) is 0 Å². The van der Waals surface area contributed by atoms with E-state index in [-0.39, 0.29) is 0 Å². The molecule has 0 saturated heterocycles. The monoisotopic (exact) mass is 255 g/mol. The van der Waals surface area contributed by atoms with Crippen LogP contribution < -0.4 is 5.32 Å². The molecule has 4 nitrogen and oxygen atoms in total. The maximum absolute atomic E-state index is 5.52. The highest BCUT2D eigenvalue weighted by molar-refractivity contribution is 5.80. The summed E-state index contributed by atoms with van der Waals surface area (Å²) < 4.78 is 7.37. The average molecular weight is 255 g/mol. The van der Waals surface area contributed by atoms with Crippen LogP contribution in [0.25, 0.3) is 11.0 Å². The van der Waals surface area contributed by atoms with Crippen molar-refractivity contribution in [1.29, 1.82) is 0 Å². The Balaban J connectivity index is 1.68. The average Bonchev–Trinajstić information content (AvgIpc) is 2.94. The predicted molar refractivity (Wildman–Crippen MR) is 74.7 cm³/mol. The molecule has 0 saturated carbocycles. The number of aromatic nitrogens is 2. The normalized spacial score (nSPS) is 11.3. The molecule has 3 rings (SSSR count). The van der Waals surface area contributed by atoms with Crippen molar-refractivity contribution in [2.24, 2.45) is 7.05 Å². The van der Waals surface area contributed by atoms with E-state index in [0.717, 1.165) is 24.4 Å². The van der Waals surface area contributed by atoms with Crippen LogP contribution in [-0.4, -0.2) is 9.78 Å². The lowest BCUT2D eigenvalue weighted by Crippen LogP contribution is -2.12. The summed E-state index contributed by atoms with van der Waals surface area (Å²) in [7, 11) is 1.94. The minimum atomic E-state index is 0.797. The fourth-order valence-electron chi connectivity index (χ4n) is 2.32. The van der Waals surface area contributed by atoms with Crippen LogP contribution in [-0.2, 0) is 20.1 Å². The summed E-state index contributed by atoms with van der Waals surface area (Å²) in [6.45, 7) is 3.65. The van der Waals surface area contributed by atoms with Crippen LogP contribution in [0.2, 0.25) is 0 Å². The Morgan fingerprint density at radius 2 is 2.00 bits per heavy atom. The Labute approximate surface area is 112 Å². The maximum atomic E-state index is 5.52. The second-order valence-electron chi connectivity index (χ2n) is 4.77. The Morgan fingerprint density at radius 3 is 2.79 bits per heavy atom. The third-order valence-corrected chi connectivity index (χ3v) is 3.31. The van der Waals surface area contributed by atoms with E-state index in [1.54, 1.807) is 0 Å². The molecule has 0 spiro atoms. The lowest BCUT2D eigenvalue weighted by atomic mass is 10.2. The second kappa shape index (κ2) is 4.90. The molecule has 0 radical (unpaired) electrons. The molecule has 0 aliphatic rings. The SMILES string of the molecule is Cc1nn(C)cc1CNCc1coc2ccccc12. The summed E-state index contributed by atoms with van der Waals surface area (Å²) in [5.41, 5.74) is 4.44. The van der Waals surface area contributed by atoms with Crippen molar-refractivity contribution in [2.75, 3.05) is 0 Å². The molecule has 0 fully saturated rings. The summed E-state index contributed by atoms with van der Waals surface area (Å²) in [5, 5.41) is 8.95. The van der Waals surface area contributed by atoms with E-state index in [1.165, 1.54) is 16.5 Å². The molecule has 1 aromatic carbocycles. The van der Waals surface area contributed by atoms with Gasteiger partial charge in [-0.25, -0.2) is 0 Å². The number of nitrogens with zero attached hydrogens (tertiary/aromatic N) is 2. The third-order valence-electron chi connectivity index (χ3n) is 3.31. The van der Waals surface area contributed by atoms with Crippen LogP contribution in [0.4, 0.5) is 0 Å². The van der Waals surface area contributed by atoms with E-state index in [9.17, 15) is 0 Å². The van der Waals surface area contributed by atoms with Crippen LogP contribution in [0, 0.1) is 6.92 Å². The summed E-state index contributed by atoms with van der Waals surface area (Å²) in [5.74, 6) is 0. The van der Waals surface area contributed by atoms with Crippen molar-refractivity contribution in [1.82, 2.24) is 15.1 Å². The number of aryl methyl sites for hydroxylation is 2. The quantitative estimate of drug-likeness (QED) is 0.779. The summed E-state index contributed by atoms with van der Waals surface area (Å²) in [4.78, 5) is 0. The van der Waals surface area contributed by atoms with Crippen LogP contribution in [0.1, 0.15) is 16.8 Å². The van der Waals surface area contributed by atoms with Crippen LogP contribution in [0.5, 0.6) is 0 Å². The van der Waals surface area contributed by atoms with Gasteiger partial charge >= 0.3 is 0 Å². The number of hydrogen-bond donors (Lipinski definition) is 1. The number of furan rings is 1. The van der Waals surface area contributed by atoms with Crippen molar-refractivity contribution < 1.29 is 4.42 Å². The van der Waals surface area contributed by atoms with E-state index in [2.05, 4.69) is 22.7 Å². The number of fused-ring (bicyclic) bond motifs is 1. The number of rotatable bonds is 4. The highest BCUT2D eigenvalue weighted by Gasteiger charge is 2.06. The Morgan fingerprint density at radius 1 is 1.21 bits per heavy atom.